The predicted octanol–water partition coefficient (Wildman–Crippen LogP) is 1.17. The van der Waals surface area contributed by atoms with Gasteiger partial charge >= 0.3 is 0 Å². The molecule has 1 rings (SSSR count). The number of likely N-dealkylation sites (N-methyl/N-ethyl adjacent to an activating group) is 1. The van der Waals surface area contributed by atoms with Gasteiger partial charge < -0.3 is 10.0 Å². The average molecular weight is 306 g/mol. The molecule has 0 spiro atoms. The molecule has 0 amide bonds. The lowest BCUT2D eigenvalue weighted by atomic mass is 10.3. The molecule has 110 valence electrons. The third-order valence-corrected chi connectivity index (χ3v) is 6.18. The van der Waals surface area contributed by atoms with Crippen molar-refractivity contribution in [2.75, 3.05) is 26.2 Å². The molecule has 1 heterocycles. The highest BCUT2D eigenvalue weighted by molar-refractivity contribution is 7.91. The standard InChI is InChI=1S/C12H22N2O3S2/c1-4-14(5-2)7-6-13-19(16,17)12-8-10(3)11(9-15)18-12/h8,13,15H,4-7,9H2,1-3H3. The molecule has 0 aromatic carbocycles. The van der Waals surface area contributed by atoms with Gasteiger partial charge in [0.1, 0.15) is 4.21 Å². The maximum absolute atomic E-state index is 12.1. The van der Waals surface area contributed by atoms with E-state index in [0.717, 1.165) is 30.0 Å². The summed E-state index contributed by atoms with van der Waals surface area (Å²) in [5.41, 5.74) is 0.816. The van der Waals surface area contributed by atoms with Crippen molar-refractivity contribution in [3.63, 3.8) is 0 Å². The normalized spacial score (nSPS) is 12.3. The van der Waals surface area contributed by atoms with Gasteiger partial charge in [-0.2, -0.15) is 0 Å². The van der Waals surface area contributed by atoms with Crippen LogP contribution in [0, 0.1) is 6.92 Å². The zero-order chi connectivity index (χ0) is 14.5. The third kappa shape index (κ3) is 4.54. The fourth-order valence-electron chi connectivity index (χ4n) is 1.73. The number of nitrogens with one attached hydrogen (secondary N) is 1. The van der Waals surface area contributed by atoms with Gasteiger partial charge in [0.15, 0.2) is 0 Å². The van der Waals surface area contributed by atoms with E-state index in [1.165, 1.54) is 0 Å². The topological polar surface area (TPSA) is 69.6 Å². The molecule has 2 N–H and O–H groups in total. The molecule has 0 atom stereocenters. The maximum Gasteiger partial charge on any atom is 0.250 e. The number of hydrogen-bond acceptors (Lipinski definition) is 5. The summed E-state index contributed by atoms with van der Waals surface area (Å²) in [7, 11) is -3.45. The highest BCUT2D eigenvalue weighted by Gasteiger charge is 2.18. The minimum absolute atomic E-state index is 0.120. The minimum Gasteiger partial charge on any atom is -0.391 e. The van der Waals surface area contributed by atoms with Gasteiger partial charge in [-0.05, 0) is 31.6 Å². The van der Waals surface area contributed by atoms with Crippen molar-refractivity contribution >= 4 is 21.4 Å². The van der Waals surface area contributed by atoms with Crippen LogP contribution in [0.3, 0.4) is 0 Å². The highest BCUT2D eigenvalue weighted by Crippen LogP contribution is 2.25. The number of aliphatic hydroxyl groups excluding tert-OH is 1. The van der Waals surface area contributed by atoms with Gasteiger partial charge in [-0.15, -0.1) is 11.3 Å². The first kappa shape index (κ1) is 16.6. The van der Waals surface area contributed by atoms with Crippen LogP contribution in [0.15, 0.2) is 10.3 Å². The molecule has 1 aromatic rings. The summed E-state index contributed by atoms with van der Waals surface area (Å²) >= 11 is 1.12. The number of sulfonamides is 1. The Morgan fingerprint density at radius 1 is 1.37 bits per heavy atom. The van der Waals surface area contributed by atoms with Crippen LogP contribution in [0.25, 0.3) is 0 Å². The van der Waals surface area contributed by atoms with Crippen LogP contribution in [-0.2, 0) is 16.6 Å². The second-order valence-corrected chi connectivity index (χ2v) is 7.38. The summed E-state index contributed by atoms with van der Waals surface area (Å²) in [4.78, 5) is 2.85. The third-order valence-electron chi connectivity index (χ3n) is 3.02. The number of rotatable bonds is 8. The smallest absolute Gasteiger partial charge is 0.250 e. The Morgan fingerprint density at radius 3 is 2.47 bits per heavy atom. The molecule has 7 heteroatoms. The molecular formula is C12H22N2O3S2. The summed E-state index contributed by atoms with van der Waals surface area (Å²) in [6.45, 7) is 8.69. The molecule has 0 aliphatic rings. The molecule has 0 saturated carbocycles. The van der Waals surface area contributed by atoms with Crippen molar-refractivity contribution in [2.24, 2.45) is 0 Å². The SMILES string of the molecule is CCN(CC)CCNS(=O)(=O)c1cc(C)c(CO)s1. The van der Waals surface area contributed by atoms with E-state index < -0.39 is 10.0 Å². The lowest BCUT2D eigenvalue weighted by Crippen LogP contribution is -2.34. The van der Waals surface area contributed by atoms with Crippen molar-refractivity contribution in [1.29, 1.82) is 0 Å². The monoisotopic (exact) mass is 306 g/mol. The van der Waals surface area contributed by atoms with E-state index >= 15 is 0 Å². The van der Waals surface area contributed by atoms with Crippen LogP contribution in [0.5, 0.6) is 0 Å². The summed E-state index contributed by atoms with van der Waals surface area (Å²) in [6.07, 6.45) is 0. The van der Waals surface area contributed by atoms with Gasteiger partial charge in [0.05, 0.1) is 6.61 Å². The number of thiophene rings is 1. The van der Waals surface area contributed by atoms with Crippen LogP contribution < -0.4 is 4.72 Å². The van der Waals surface area contributed by atoms with E-state index in [1.807, 2.05) is 13.8 Å². The fourth-order valence-corrected chi connectivity index (χ4v) is 4.24. The average Bonchev–Trinajstić information content (AvgIpc) is 2.77. The first-order valence-electron chi connectivity index (χ1n) is 6.36. The first-order chi connectivity index (χ1) is 8.94. The molecular weight excluding hydrogens is 284 g/mol. The Bertz CT molecular complexity index is 493. The van der Waals surface area contributed by atoms with Gasteiger partial charge in [-0.25, -0.2) is 13.1 Å². The largest absolute Gasteiger partial charge is 0.391 e. The van der Waals surface area contributed by atoms with E-state index in [0.29, 0.717) is 18.0 Å². The Labute approximate surface area is 119 Å². The Kier molecular flexibility index (Phi) is 6.41. The predicted molar refractivity (Wildman–Crippen MR) is 78.0 cm³/mol. The van der Waals surface area contributed by atoms with Gasteiger partial charge in [-0.1, -0.05) is 13.8 Å². The molecule has 0 aliphatic heterocycles. The summed E-state index contributed by atoms with van der Waals surface area (Å²) in [5.74, 6) is 0. The zero-order valence-electron chi connectivity index (χ0n) is 11.6. The first-order valence-corrected chi connectivity index (χ1v) is 8.66. The Balaban J connectivity index is 2.65. The van der Waals surface area contributed by atoms with Gasteiger partial charge in [-0.3, -0.25) is 0 Å². The summed E-state index contributed by atoms with van der Waals surface area (Å²) < 4.78 is 27.0. The number of nitrogens with zero attached hydrogens (tertiary/aromatic N) is 1. The Morgan fingerprint density at radius 2 is 2.00 bits per heavy atom. The van der Waals surface area contributed by atoms with E-state index in [-0.39, 0.29) is 10.8 Å². The quantitative estimate of drug-likeness (QED) is 0.756. The van der Waals surface area contributed by atoms with Gasteiger partial charge in [0.2, 0.25) is 10.0 Å². The van der Waals surface area contributed by atoms with E-state index in [9.17, 15) is 8.42 Å². The van der Waals surface area contributed by atoms with Crippen LogP contribution in [0.2, 0.25) is 0 Å². The summed E-state index contributed by atoms with van der Waals surface area (Å²) in [5, 5.41) is 9.10. The molecule has 5 nitrogen and oxygen atoms in total. The van der Waals surface area contributed by atoms with E-state index in [1.54, 1.807) is 13.0 Å². The molecule has 0 aliphatic carbocycles. The van der Waals surface area contributed by atoms with Crippen molar-refractivity contribution < 1.29 is 13.5 Å². The lowest BCUT2D eigenvalue weighted by Gasteiger charge is -2.17. The second kappa shape index (κ2) is 7.35. The lowest BCUT2D eigenvalue weighted by molar-refractivity contribution is 0.285. The maximum atomic E-state index is 12.1. The number of aliphatic hydroxyl groups is 1. The molecule has 0 unspecified atom stereocenters. The van der Waals surface area contributed by atoms with Gasteiger partial charge in [0, 0.05) is 18.0 Å². The van der Waals surface area contributed by atoms with Crippen LogP contribution in [-0.4, -0.2) is 44.6 Å². The number of aryl methyl sites for hydroxylation is 1. The van der Waals surface area contributed by atoms with Crippen molar-refractivity contribution in [3.05, 3.63) is 16.5 Å². The highest BCUT2D eigenvalue weighted by atomic mass is 32.2. The molecule has 0 fully saturated rings. The van der Waals surface area contributed by atoms with E-state index in [4.69, 9.17) is 5.11 Å². The molecule has 0 saturated heterocycles. The van der Waals surface area contributed by atoms with Crippen molar-refractivity contribution in [1.82, 2.24) is 9.62 Å². The van der Waals surface area contributed by atoms with Crippen LogP contribution >= 0.6 is 11.3 Å². The second-order valence-electron chi connectivity index (χ2n) is 4.25. The minimum atomic E-state index is -3.45. The fraction of sp³-hybridized carbons (Fsp3) is 0.667. The molecule has 0 bridgehead atoms. The Hall–Kier alpha value is -0.470. The van der Waals surface area contributed by atoms with Crippen molar-refractivity contribution in [2.45, 2.75) is 31.6 Å². The van der Waals surface area contributed by atoms with Gasteiger partial charge in [0.25, 0.3) is 0 Å². The molecule has 1 aromatic heterocycles. The van der Waals surface area contributed by atoms with Crippen LogP contribution in [0.4, 0.5) is 0 Å². The summed E-state index contributed by atoms with van der Waals surface area (Å²) in [6, 6.07) is 1.61. The van der Waals surface area contributed by atoms with E-state index in [2.05, 4.69) is 9.62 Å². The van der Waals surface area contributed by atoms with Crippen molar-refractivity contribution in [3.8, 4) is 0 Å². The van der Waals surface area contributed by atoms with Crippen LogP contribution in [0.1, 0.15) is 24.3 Å². The number of hydrogen-bond donors (Lipinski definition) is 2. The molecule has 0 radical (unpaired) electrons. The molecule has 19 heavy (non-hydrogen) atoms. The zero-order valence-corrected chi connectivity index (χ0v) is 13.3.